The molecule has 0 bridgehead atoms. The van der Waals surface area contributed by atoms with E-state index < -0.39 is 0 Å². The Labute approximate surface area is 169 Å². The van der Waals surface area contributed by atoms with E-state index in [0.717, 1.165) is 47.6 Å². The minimum Gasteiger partial charge on any atom is -0.468 e. The molecule has 1 aromatic carbocycles. The number of ether oxygens (including phenoxy) is 3. The molecule has 1 saturated heterocycles. The van der Waals surface area contributed by atoms with Gasteiger partial charge in [0.25, 0.3) is 0 Å². The number of nitrogens with zero attached hydrogens (tertiary/aromatic N) is 4. The zero-order valence-corrected chi connectivity index (χ0v) is 16.7. The highest BCUT2D eigenvalue weighted by Gasteiger charge is 2.19. The van der Waals surface area contributed by atoms with E-state index >= 15 is 0 Å². The average Bonchev–Trinajstić information content (AvgIpc) is 2.78. The van der Waals surface area contributed by atoms with Crippen LogP contribution in [-0.2, 0) is 16.0 Å². The zero-order valence-electron chi connectivity index (χ0n) is 16.7. The lowest BCUT2D eigenvalue weighted by atomic mass is 10.1. The lowest BCUT2D eigenvalue weighted by Gasteiger charge is -2.28. The molecule has 1 N–H and O–H groups in total. The molecule has 0 aliphatic carbocycles. The van der Waals surface area contributed by atoms with Gasteiger partial charge >= 0.3 is 0 Å². The van der Waals surface area contributed by atoms with Crippen LogP contribution < -0.4 is 15.0 Å². The van der Waals surface area contributed by atoms with Crippen LogP contribution >= 0.6 is 0 Å². The number of hydrogen-bond donors (Lipinski definition) is 1. The number of hydrogen-bond acceptors (Lipinski definition) is 8. The first-order chi connectivity index (χ1) is 14.3. The van der Waals surface area contributed by atoms with Crippen molar-refractivity contribution in [3.63, 3.8) is 0 Å². The number of morpholine rings is 1. The third-order valence-corrected chi connectivity index (χ3v) is 4.70. The third kappa shape index (κ3) is 4.45. The number of pyridine rings is 1. The third-order valence-electron chi connectivity index (χ3n) is 4.70. The van der Waals surface area contributed by atoms with Crippen LogP contribution in [0.15, 0.2) is 36.5 Å². The quantitative estimate of drug-likeness (QED) is 0.610. The van der Waals surface area contributed by atoms with Crippen molar-refractivity contribution < 1.29 is 14.2 Å². The van der Waals surface area contributed by atoms with E-state index in [2.05, 4.69) is 21.3 Å². The predicted molar refractivity (Wildman–Crippen MR) is 111 cm³/mol. The second kappa shape index (κ2) is 9.13. The molecule has 0 spiro atoms. The van der Waals surface area contributed by atoms with Crippen molar-refractivity contribution in [1.29, 1.82) is 0 Å². The number of rotatable bonds is 7. The highest BCUT2D eigenvalue weighted by atomic mass is 16.7. The van der Waals surface area contributed by atoms with Gasteiger partial charge < -0.3 is 24.4 Å². The lowest BCUT2D eigenvalue weighted by molar-refractivity contribution is 0.0511. The second-order valence-corrected chi connectivity index (χ2v) is 6.79. The van der Waals surface area contributed by atoms with Gasteiger partial charge in [-0.1, -0.05) is 12.1 Å². The smallest absolute Gasteiger partial charge is 0.188 e. The van der Waals surface area contributed by atoms with Crippen molar-refractivity contribution in [2.45, 2.75) is 6.54 Å². The van der Waals surface area contributed by atoms with Crippen LogP contribution in [0.4, 0.5) is 5.82 Å². The van der Waals surface area contributed by atoms with Crippen LogP contribution in [0.1, 0.15) is 5.56 Å². The molecule has 1 aliphatic rings. The van der Waals surface area contributed by atoms with E-state index in [1.54, 1.807) is 7.11 Å². The number of benzene rings is 1. The Balaban J connectivity index is 1.80. The van der Waals surface area contributed by atoms with Gasteiger partial charge in [0, 0.05) is 38.5 Å². The van der Waals surface area contributed by atoms with E-state index in [4.69, 9.17) is 24.2 Å². The molecule has 0 saturated carbocycles. The van der Waals surface area contributed by atoms with Gasteiger partial charge in [-0.2, -0.15) is 0 Å². The van der Waals surface area contributed by atoms with E-state index in [0.29, 0.717) is 24.8 Å². The second-order valence-electron chi connectivity index (χ2n) is 6.79. The molecule has 1 aliphatic heterocycles. The van der Waals surface area contributed by atoms with Crippen LogP contribution in [0.3, 0.4) is 0 Å². The Morgan fingerprint density at radius 3 is 2.83 bits per heavy atom. The fraction of sp³-hybridized carbons (Fsp3) is 0.381. The summed E-state index contributed by atoms with van der Waals surface area (Å²) in [6.45, 7) is 3.84. The molecule has 2 aromatic heterocycles. The standard InChI is InChI=1S/C21H25N5O3/c1-22-12-15-10-18-19(23-13-15)21(26-6-8-28-9-7-26)25-20(24-18)16-4-3-5-17(11-16)29-14-27-2/h3-5,10-11,13,22H,6-9,12,14H2,1-2H3. The Kier molecular flexibility index (Phi) is 6.14. The summed E-state index contributed by atoms with van der Waals surface area (Å²) in [4.78, 5) is 16.6. The van der Waals surface area contributed by atoms with Crippen molar-refractivity contribution in [2.24, 2.45) is 0 Å². The minimum atomic E-state index is 0.193. The van der Waals surface area contributed by atoms with Gasteiger partial charge in [0.2, 0.25) is 0 Å². The lowest BCUT2D eigenvalue weighted by Crippen LogP contribution is -2.37. The number of nitrogens with one attached hydrogen (secondary N) is 1. The molecule has 29 heavy (non-hydrogen) atoms. The van der Waals surface area contributed by atoms with E-state index in [1.807, 2.05) is 37.5 Å². The summed E-state index contributed by atoms with van der Waals surface area (Å²) in [6.07, 6.45) is 1.88. The van der Waals surface area contributed by atoms with Gasteiger partial charge in [-0.25, -0.2) is 9.97 Å². The Morgan fingerprint density at radius 2 is 2.03 bits per heavy atom. The minimum absolute atomic E-state index is 0.193. The van der Waals surface area contributed by atoms with Crippen molar-refractivity contribution >= 4 is 16.9 Å². The molecule has 1 fully saturated rings. The number of aromatic nitrogens is 3. The van der Waals surface area contributed by atoms with Gasteiger partial charge in [-0.05, 0) is 30.8 Å². The topological polar surface area (TPSA) is 81.6 Å². The van der Waals surface area contributed by atoms with Crippen molar-refractivity contribution in [3.8, 4) is 17.1 Å². The summed E-state index contributed by atoms with van der Waals surface area (Å²) in [7, 11) is 3.51. The summed E-state index contributed by atoms with van der Waals surface area (Å²) in [5.74, 6) is 2.20. The first-order valence-electron chi connectivity index (χ1n) is 9.64. The molecule has 152 valence electrons. The van der Waals surface area contributed by atoms with E-state index in [9.17, 15) is 0 Å². The van der Waals surface area contributed by atoms with Crippen LogP contribution in [-0.4, -0.2) is 62.2 Å². The van der Waals surface area contributed by atoms with Gasteiger partial charge in [-0.15, -0.1) is 0 Å². The van der Waals surface area contributed by atoms with Gasteiger partial charge in [-0.3, -0.25) is 4.98 Å². The maximum Gasteiger partial charge on any atom is 0.188 e. The largest absolute Gasteiger partial charge is 0.468 e. The van der Waals surface area contributed by atoms with Crippen molar-refractivity contribution in [1.82, 2.24) is 20.3 Å². The molecule has 4 rings (SSSR count). The average molecular weight is 395 g/mol. The summed E-state index contributed by atoms with van der Waals surface area (Å²) in [5, 5.41) is 3.16. The van der Waals surface area contributed by atoms with Gasteiger partial charge in [0.15, 0.2) is 18.4 Å². The van der Waals surface area contributed by atoms with Crippen LogP contribution in [0.25, 0.3) is 22.4 Å². The summed E-state index contributed by atoms with van der Waals surface area (Å²) >= 11 is 0. The fourth-order valence-corrected chi connectivity index (χ4v) is 3.32. The van der Waals surface area contributed by atoms with Gasteiger partial charge in [0.05, 0.1) is 18.7 Å². The molecule has 3 aromatic rings. The van der Waals surface area contributed by atoms with Crippen molar-refractivity contribution in [3.05, 3.63) is 42.1 Å². The molecular weight excluding hydrogens is 370 g/mol. The maximum atomic E-state index is 5.58. The molecule has 8 nitrogen and oxygen atoms in total. The zero-order chi connectivity index (χ0) is 20.1. The molecular formula is C21H25N5O3. The summed E-state index contributed by atoms with van der Waals surface area (Å²) in [6, 6.07) is 9.79. The Bertz CT molecular complexity index is 976. The van der Waals surface area contributed by atoms with Gasteiger partial charge in [0.1, 0.15) is 11.3 Å². The Hall–Kier alpha value is -2.81. The van der Waals surface area contributed by atoms with Crippen LogP contribution in [0, 0.1) is 0 Å². The summed E-state index contributed by atoms with van der Waals surface area (Å²) in [5.41, 5.74) is 3.60. The van der Waals surface area contributed by atoms with E-state index in [-0.39, 0.29) is 6.79 Å². The van der Waals surface area contributed by atoms with Crippen molar-refractivity contribution in [2.75, 3.05) is 52.2 Å². The number of anilines is 1. The molecule has 3 heterocycles. The first-order valence-corrected chi connectivity index (χ1v) is 9.64. The maximum absolute atomic E-state index is 5.58. The van der Waals surface area contributed by atoms with Crippen LogP contribution in [0.2, 0.25) is 0 Å². The molecule has 0 unspecified atom stereocenters. The SMILES string of the molecule is CNCc1cnc2c(N3CCOCC3)nc(-c3cccc(OCOC)c3)nc2c1. The number of fused-ring (bicyclic) bond motifs is 1. The fourth-order valence-electron chi connectivity index (χ4n) is 3.32. The molecule has 0 amide bonds. The normalized spacial score (nSPS) is 14.3. The first kappa shape index (κ1) is 19.5. The monoisotopic (exact) mass is 395 g/mol. The Morgan fingerprint density at radius 1 is 1.17 bits per heavy atom. The molecule has 0 atom stereocenters. The highest BCUT2D eigenvalue weighted by Crippen LogP contribution is 2.29. The highest BCUT2D eigenvalue weighted by molar-refractivity contribution is 5.88. The summed E-state index contributed by atoms with van der Waals surface area (Å²) < 4.78 is 16.1. The molecule has 8 heteroatoms. The predicted octanol–water partition coefficient (Wildman–Crippen LogP) is 2.23. The van der Waals surface area contributed by atoms with Crippen LogP contribution in [0.5, 0.6) is 5.75 Å². The number of methoxy groups -OCH3 is 1. The van der Waals surface area contributed by atoms with E-state index in [1.165, 1.54) is 0 Å². The molecule has 0 radical (unpaired) electrons.